The fraction of sp³-hybridized carbons (Fsp3) is 0.241. The highest BCUT2D eigenvalue weighted by atomic mass is 16.1. The number of hydrogen-bond acceptors (Lipinski definition) is 5. The van der Waals surface area contributed by atoms with Crippen molar-refractivity contribution in [2.45, 2.75) is 6.54 Å². The Labute approximate surface area is 211 Å². The van der Waals surface area contributed by atoms with E-state index in [1.54, 1.807) is 0 Å². The molecule has 1 saturated heterocycles. The Hall–Kier alpha value is -3.94. The minimum Gasteiger partial charge on any atom is -0.367 e. The predicted octanol–water partition coefficient (Wildman–Crippen LogP) is 4.27. The zero-order chi connectivity index (χ0) is 24.5. The number of aromatic amines is 1. The smallest absolute Gasteiger partial charge is 0.255 e. The van der Waals surface area contributed by atoms with Crippen LogP contribution in [-0.2, 0) is 6.54 Å². The van der Waals surface area contributed by atoms with Gasteiger partial charge in [0.05, 0.1) is 17.9 Å². The van der Waals surface area contributed by atoms with E-state index >= 15 is 0 Å². The molecule has 3 N–H and O–H groups in total. The monoisotopic (exact) mass is 478 g/mol. The topological polar surface area (TPSA) is 76.3 Å². The van der Waals surface area contributed by atoms with Crippen molar-refractivity contribution in [3.63, 3.8) is 0 Å². The number of fused-ring (bicyclic) bond motifs is 1. The third-order valence-electron chi connectivity index (χ3n) is 7.20. The molecule has 3 heterocycles. The molecule has 3 aromatic carbocycles. The molecule has 6 rings (SSSR count). The molecule has 36 heavy (non-hydrogen) atoms. The van der Waals surface area contributed by atoms with Gasteiger partial charge in [0.2, 0.25) is 0 Å². The van der Waals surface area contributed by atoms with Crippen LogP contribution in [0, 0.1) is 0 Å². The highest BCUT2D eigenvalue weighted by Crippen LogP contribution is 2.37. The molecule has 0 aliphatic carbocycles. The number of nitrogens with zero attached hydrogens (tertiary/aromatic N) is 3. The van der Waals surface area contributed by atoms with Crippen molar-refractivity contribution >= 4 is 11.6 Å². The van der Waals surface area contributed by atoms with Gasteiger partial charge >= 0.3 is 0 Å². The summed E-state index contributed by atoms with van der Waals surface area (Å²) in [6.45, 7) is 5.77. The van der Waals surface area contributed by atoms with Crippen LogP contribution in [0.5, 0.6) is 0 Å². The maximum absolute atomic E-state index is 12.7. The maximum atomic E-state index is 12.7. The summed E-state index contributed by atoms with van der Waals surface area (Å²) in [7, 11) is 2.19. The Kier molecular flexibility index (Phi) is 6.01. The summed E-state index contributed by atoms with van der Waals surface area (Å²) >= 11 is 0. The average molecular weight is 479 g/mol. The number of nitrogens with one attached hydrogen (secondary N) is 3. The summed E-state index contributed by atoms with van der Waals surface area (Å²) in [5.41, 5.74) is 8.86. The number of amides is 1. The van der Waals surface area contributed by atoms with E-state index in [9.17, 15) is 4.79 Å². The number of aromatic nitrogens is 2. The first-order valence-electron chi connectivity index (χ1n) is 12.5. The van der Waals surface area contributed by atoms with Crippen molar-refractivity contribution in [1.82, 2.24) is 25.3 Å². The van der Waals surface area contributed by atoms with Crippen LogP contribution in [0.25, 0.3) is 33.5 Å². The highest BCUT2D eigenvalue weighted by molar-refractivity contribution is 6.08. The van der Waals surface area contributed by atoms with Crippen molar-refractivity contribution in [2.75, 3.05) is 45.2 Å². The maximum Gasteiger partial charge on any atom is 0.255 e. The van der Waals surface area contributed by atoms with Gasteiger partial charge in [-0.15, -0.1) is 0 Å². The minimum atomic E-state index is -0.0712. The fourth-order valence-corrected chi connectivity index (χ4v) is 5.21. The molecule has 0 bridgehead atoms. The predicted molar refractivity (Wildman–Crippen MR) is 144 cm³/mol. The number of carbonyl (C=O) groups is 1. The fourth-order valence-electron chi connectivity index (χ4n) is 5.21. The van der Waals surface area contributed by atoms with E-state index < -0.39 is 0 Å². The van der Waals surface area contributed by atoms with Crippen LogP contribution < -0.4 is 10.6 Å². The van der Waals surface area contributed by atoms with Crippen molar-refractivity contribution in [2.24, 2.45) is 0 Å². The van der Waals surface area contributed by atoms with Gasteiger partial charge in [-0.2, -0.15) is 5.10 Å². The second kappa shape index (κ2) is 9.60. The average Bonchev–Trinajstić information content (AvgIpc) is 3.40. The zero-order valence-electron chi connectivity index (χ0n) is 20.4. The van der Waals surface area contributed by atoms with Crippen LogP contribution in [0.4, 0.5) is 5.69 Å². The third kappa shape index (κ3) is 4.27. The molecule has 1 amide bonds. The molecule has 1 aromatic heterocycles. The molecule has 0 radical (unpaired) electrons. The first-order valence-corrected chi connectivity index (χ1v) is 12.5. The lowest BCUT2D eigenvalue weighted by Crippen LogP contribution is -2.43. The third-order valence-corrected chi connectivity index (χ3v) is 7.20. The summed E-state index contributed by atoms with van der Waals surface area (Å²) in [4.78, 5) is 17.6. The van der Waals surface area contributed by atoms with Gasteiger partial charge in [0.15, 0.2) is 0 Å². The number of benzene rings is 3. The number of piperazine rings is 1. The standard InChI is InChI=1S/C29H30N6O/c1-34-12-14-35(15-13-34)18-22-6-2-3-9-23(22)20-7-4-8-21(16-20)28-25(17-32-33-28)24-10-5-11-26-27(24)29(36)31-19-30-26/h2-11,16-17,30H,12-15,18-19H2,1H3,(H,31,36)(H,32,33). The van der Waals surface area contributed by atoms with Crippen LogP contribution in [0.2, 0.25) is 0 Å². The van der Waals surface area contributed by atoms with Gasteiger partial charge in [-0.05, 0) is 35.9 Å². The number of likely N-dealkylation sites (N-methyl/N-ethyl adjacent to an activating group) is 1. The lowest BCUT2D eigenvalue weighted by molar-refractivity contribution is 0.0953. The van der Waals surface area contributed by atoms with Gasteiger partial charge in [0.1, 0.15) is 0 Å². The highest BCUT2D eigenvalue weighted by Gasteiger charge is 2.23. The van der Waals surface area contributed by atoms with E-state index in [-0.39, 0.29) is 5.91 Å². The Morgan fingerprint density at radius 2 is 1.61 bits per heavy atom. The van der Waals surface area contributed by atoms with E-state index in [4.69, 9.17) is 0 Å². The minimum absolute atomic E-state index is 0.0712. The number of H-pyrrole nitrogens is 1. The van der Waals surface area contributed by atoms with Crippen molar-refractivity contribution in [1.29, 1.82) is 0 Å². The quantitative estimate of drug-likeness (QED) is 0.399. The molecule has 0 atom stereocenters. The van der Waals surface area contributed by atoms with Gasteiger partial charge in [-0.3, -0.25) is 14.8 Å². The van der Waals surface area contributed by atoms with Gasteiger partial charge in [-0.1, -0.05) is 54.6 Å². The number of rotatable bonds is 5. The van der Waals surface area contributed by atoms with Crippen LogP contribution in [0.3, 0.4) is 0 Å². The molecule has 7 nitrogen and oxygen atoms in total. The molecule has 182 valence electrons. The molecule has 4 aromatic rings. The largest absolute Gasteiger partial charge is 0.367 e. The Balaban J connectivity index is 1.36. The van der Waals surface area contributed by atoms with Crippen molar-refractivity contribution in [3.05, 3.63) is 84.1 Å². The Morgan fingerprint density at radius 3 is 2.50 bits per heavy atom. The summed E-state index contributed by atoms with van der Waals surface area (Å²) in [5, 5.41) is 13.8. The summed E-state index contributed by atoms with van der Waals surface area (Å²) in [5.74, 6) is -0.0712. The van der Waals surface area contributed by atoms with E-state index in [0.717, 1.165) is 60.8 Å². The lowest BCUT2D eigenvalue weighted by Gasteiger charge is -2.32. The van der Waals surface area contributed by atoms with Gasteiger partial charge in [-0.25, -0.2) is 0 Å². The van der Waals surface area contributed by atoms with E-state index in [1.165, 1.54) is 16.7 Å². The molecule has 0 spiro atoms. The summed E-state index contributed by atoms with van der Waals surface area (Å²) < 4.78 is 0. The molecule has 2 aliphatic rings. The van der Waals surface area contributed by atoms with E-state index in [2.05, 4.69) is 86.2 Å². The van der Waals surface area contributed by atoms with E-state index in [0.29, 0.717) is 12.2 Å². The molecule has 0 saturated carbocycles. The second-order valence-corrected chi connectivity index (χ2v) is 9.55. The van der Waals surface area contributed by atoms with Crippen LogP contribution in [-0.4, -0.2) is 65.8 Å². The SMILES string of the molecule is CN1CCN(Cc2ccccc2-c2cccc(-c3n[nH]cc3-c3cccc4c3C(=O)NCN4)c2)CC1. The number of hydrogen-bond donors (Lipinski definition) is 3. The van der Waals surface area contributed by atoms with Gasteiger partial charge < -0.3 is 15.5 Å². The second-order valence-electron chi connectivity index (χ2n) is 9.55. The molecular formula is C29H30N6O. The first kappa shape index (κ1) is 22.5. The first-order chi connectivity index (χ1) is 17.7. The molecule has 1 fully saturated rings. The summed E-state index contributed by atoms with van der Waals surface area (Å²) in [6, 6.07) is 23.1. The van der Waals surface area contributed by atoms with Crippen LogP contribution >= 0.6 is 0 Å². The lowest BCUT2D eigenvalue weighted by atomic mass is 9.93. The van der Waals surface area contributed by atoms with Crippen LogP contribution in [0.1, 0.15) is 15.9 Å². The molecule has 7 heteroatoms. The van der Waals surface area contributed by atoms with E-state index in [1.807, 2.05) is 24.4 Å². The number of anilines is 1. The Morgan fingerprint density at radius 1 is 0.833 bits per heavy atom. The molecular weight excluding hydrogens is 448 g/mol. The van der Waals surface area contributed by atoms with Gasteiger partial charge in [0, 0.05) is 61.3 Å². The van der Waals surface area contributed by atoms with Gasteiger partial charge in [0.25, 0.3) is 5.91 Å². The van der Waals surface area contributed by atoms with Crippen molar-refractivity contribution in [3.8, 4) is 33.5 Å². The summed E-state index contributed by atoms with van der Waals surface area (Å²) in [6.07, 6.45) is 1.88. The zero-order valence-corrected chi connectivity index (χ0v) is 20.4. The molecule has 0 unspecified atom stereocenters. The number of carbonyl (C=O) groups excluding carboxylic acids is 1. The molecule has 2 aliphatic heterocycles. The normalized spacial score (nSPS) is 16.3. The Bertz CT molecular complexity index is 1400. The van der Waals surface area contributed by atoms with Crippen molar-refractivity contribution < 1.29 is 4.79 Å². The van der Waals surface area contributed by atoms with Crippen LogP contribution in [0.15, 0.2) is 72.9 Å².